The summed E-state index contributed by atoms with van der Waals surface area (Å²) in [7, 11) is 0. The molecule has 1 heterocycles. The highest BCUT2D eigenvalue weighted by molar-refractivity contribution is 5.45. The van der Waals surface area contributed by atoms with Crippen LogP contribution in [0.4, 0.5) is 0 Å². The molecule has 1 aromatic carbocycles. The summed E-state index contributed by atoms with van der Waals surface area (Å²) in [6, 6.07) is 5.80. The normalized spacial score (nSPS) is 23.9. The van der Waals surface area contributed by atoms with E-state index in [9.17, 15) is 5.11 Å². The van der Waals surface area contributed by atoms with Gasteiger partial charge < -0.3 is 14.6 Å². The van der Waals surface area contributed by atoms with Gasteiger partial charge in [0.05, 0.1) is 18.8 Å². The van der Waals surface area contributed by atoms with E-state index in [0.717, 1.165) is 36.3 Å². The molecule has 1 aromatic rings. The number of fused-ring (bicyclic) bond motifs is 1. The Morgan fingerprint density at radius 1 is 1.17 bits per heavy atom. The van der Waals surface area contributed by atoms with Crippen molar-refractivity contribution in [3.63, 3.8) is 0 Å². The lowest BCUT2D eigenvalue weighted by atomic mass is 9.81. The fourth-order valence-corrected chi connectivity index (χ4v) is 2.49. The zero-order chi connectivity index (χ0) is 12.8. The Bertz CT molecular complexity index is 461. The monoisotopic (exact) mass is 248 g/mol. The minimum Gasteiger partial charge on any atom is -0.490 e. The second kappa shape index (κ2) is 3.89. The maximum Gasteiger partial charge on any atom is 0.161 e. The minimum absolute atomic E-state index is 0.00677. The Morgan fingerprint density at radius 2 is 1.83 bits per heavy atom. The van der Waals surface area contributed by atoms with Gasteiger partial charge in [-0.15, -0.1) is 0 Å². The van der Waals surface area contributed by atoms with Crippen molar-refractivity contribution in [2.24, 2.45) is 5.41 Å². The SMILES string of the molecule is CC1(C(C)(O)c2ccc3c(c2)OCCCO3)CC1. The number of benzene rings is 1. The maximum atomic E-state index is 10.8. The molecule has 0 aromatic heterocycles. The summed E-state index contributed by atoms with van der Waals surface area (Å²) in [5.74, 6) is 1.54. The third-order valence-electron chi connectivity index (χ3n) is 4.48. The Labute approximate surface area is 108 Å². The van der Waals surface area contributed by atoms with Crippen LogP contribution in [0.25, 0.3) is 0 Å². The van der Waals surface area contributed by atoms with E-state index in [1.54, 1.807) is 0 Å². The minimum atomic E-state index is -0.794. The molecule has 18 heavy (non-hydrogen) atoms. The molecule has 3 nitrogen and oxygen atoms in total. The summed E-state index contributed by atoms with van der Waals surface area (Å²) in [6.07, 6.45) is 3.06. The zero-order valence-electron chi connectivity index (χ0n) is 11.0. The molecule has 2 aliphatic rings. The van der Waals surface area contributed by atoms with Crippen LogP contribution in [-0.4, -0.2) is 18.3 Å². The third-order valence-corrected chi connectivity index (χ3v) is 4.48. The summed E-state index contributed by atoms with van der Waals surface area (Å²) in [4.78, 5) is 0. The highest BCUT2D eigenvalue weighted by Gasteiger charge is 2.53. The molecule has 0 spiro atoms. The number of aliphatic hydroxyl groups is 1. The summed E-state index contributed by atoms with van der Waals surface area (Å²) >= 11 is 0. The van der Waals surface area contributed by atoms with Crippen LogP contribution in [0.3, 0.4) is 0 Å². The lowest BCUT2D eigenvalue weighted by molar-refractivity contribution is -0.0128. The van der Waals surface area contributed by atoms with Crippen molar-refractivity contribution in [1.82, 2.24) is 0 Å². The number of ether oxygens (including phenoxy) is 2. The summed E-state index contributed by atoms with van der Waals surface area (Å²) in [5, 5.41) is 10.8. The molecular weight excluding hydrogens is 228 g/mol. The van der Waals surface area contributed by atoms with Gasteiger partial charge in [-0.1, -0.05) is 13.0 Å². The number of hydrogen-bond acceptors (Lipinski definition) is 3. The van der Waals surface area contributed by atoms with Crippen LogP contribution in [0.5, 0.6) is 11.5 Å². The predicted octanol–water partition coefficient (Wildman–Crippen LogP) is 2.86. The molecule has 1 fully saturated rings. The Kier molecular flexibility index (Phi) is 2.56. The van der Waals surface area contributed by atoms with Crippen LogP contribution >= 0.6 is 0 Å². The molecule has 3 rings (SSSR count). The molecule has 98 valence electrons. The van der Waals surface area contributed by atoms with Crippen molar-refractivity contribution in [2.45, 2.75) is 38.7 Å². The van der Waals surface area contributed by atoms with Crippen LogP contribution in [-0.2, 0) is 5.60 Å². The molecule has 1 aliphatic carbocycles. The van der Waals surface area contributed by atoms with Gasteiger partial charge in [0.2, 0.25) is 0 Å². The highest BCUT2D eigenvalue weighted by Crippen LogP contribution is 2.58. The highest BCUT2D eigenvalue weighted by atomic mass is 16.5. The topological polar surface area (TPSA) is 38.7 Å². The molecule has 1 unspecified atom stereocenters. The number of hydrogen-bond donors (Lipinski definition) is 1. The van der Waals surface area contributed by atoms with E-state index < -0.39 is 5.60 Å². The van der Waals surface area contributed by atoms with Crippen molar-refractivity contribution in [3.05, 3.63) is 23.8 Å². The average molecular weight is 248 g/mol. The van der Waals surface area contributed by atoms with Gasteiger partial charge in [0.25, 0.3) is 0 Å². The van der Waals surface area contributed by atoms with E-state index >= 15 is 0 Å². The molecule has 0 amide bonds. The van der Waals surface area contributed by atoms with Gasteiger partial charge in [0.1, 0.15) is 0 Å². The summed E-state index contributed by atoms with van der Waals surface area (Å²) in [6.45, 7) is 5.41. The fraction of sp³-hybridized carbons (Fsp3) is 0.600. The first-order valence-corrected chi connectivity index (χ1v) is 6.65. The van der Waals surface area contributed by atoms with Gasteiger partial charge in [-0.2, -0.15) is 0 Å². The Morgan fingerprint density at radius 3 is 2.50 bits per heavy atom. The van der Waals surface area contributed by atoms with Crippen molar-refractivity contribution < 1.29 is 14.6 Å². The first-order valence-electron chi connectivity index (χ1n) is 6.65. The predicted molar refractivity (Wildman–Crippen MR) is 69.0 cm³/mol. The second-order valence-electron chi connectivity index (χ2n) is 5.84. The molecule has 1 aliphatic heterocycles. The standard InChI is InChI=1S/C15H20O3/c1-14(6-7-14)15(2,16)11-4-5-12-13(10-11)18-9-3-8-17-12/h4-5,10,16H,3,6-9H2,1-2H3. The van der Waals surface area contributed by atoms with Crippen molar-refractivity contribution >= 4 is 0 Å². The van der Waals surface area contributed by atoms with E-state index in [1.807, 2.05) is 25.1 Å². The molecule has 1 N–H and O–H groups in total. The van der Waals surface area contributed by atoms with E-state index in [1.165, 1.54) is 0 Å². The molecule has 1 saturated carbocycles. The van der Waals surface area contributed by atoms with E-state index in [2.05, 4.69) is 6.92 Å². The molecule has 0 bridgehead atoms. The lowest BCUT2D eigenvalue weighted by Crippen LogP contribution is -2.31. The Hall–Kier alpha value is -1.22. The summed E-state index contributed by atoms with van der Waals surface area (Å²) < 4.78 is 11.3. The van der Waals surface area contributed by atoms with E-state index in [0.29, 0.717) is 13.2 Å². The van der Waals surface area contributed by atoms with Crippen LogP contribution in [0.2, 0.25) is 0 Å². The molecule has 0 radical (unpaired) electrons. The van der Waals surface area contributed by atoms with E-state index in [-0.39, 0.29) is 5.41 Å². The zero-order valence-corrected chi connectivity index (χ0v) is 11.0. The second-order valence-corrected chi connectivity index (χ2v) is 5.84. The van der Waals surface area contributed by atoms with Crippen LogP contribution < -0.4 is 9.47 Å². The third kappa shape index (κ3) is 1.77. The fourth-order valence-electron chi connectivity index (χ4n) is 2.49. The first-order chi connectivity index (χ1) is 8.53. The summed E-state index contributed by atoms with van der Waals surface area (Å²) in [5.41, 5.74) is 0.136. The van der Waals surface area contributed by atoms with Gasteiger partial charge in [-0.25, -0.2) is 0 Å². The van der Waals surface area contributed by atoms with Gasteiger partial charge in [0.15, 0.2) is 11.5 Å². The van der Waals surface area contributed by atoms with Crippen LogP contribution in [0, 0.1) is 5.41 Å². The van der Waals surface area contributed by atoms with Crippen molar-refractivity contribution in [3.8, 4) is 11.5 Å². The first kappa shape index (κ1) is 11.8. The lowest BCUT2D eigenvalue weighted by Gasteiger charge is -2.31. The molecule has 0 saturated heterocycles. The molecular formula is C15H20O3. The van der Waals surface area contributed by atoms with Crippen LogP contribution in [0.1, 0.15) is 38.7 Å². The molecule has 3 heteroatoms. The largest absolute Gasteiger partial charge is 0.490 e. The molecule has 1 atom stereocenters. The van der Waals surface area contributed by atoms with Crippen LogP contribution in [0.15, 0.2) is 18.2 Å². The van der Waals surface area contributed by atoms with Crippen molar-refractivity contribution in [1.29, 1.82) is 0 Å². The van der Waals surface area contributed by atoms with E-state index in [4.69, 9.17) is 9.47 Å². The van der Waals surface area contributed by atoms with Crippen molar-refractivity contribution in [2.75, 3.05) is 13.2 Å². The maximum absolute atomic E-state index is 10.8. The average Bonchev–Trinajstić information content (AvgIpc) is 3.12. The number of rotatable bonds is 2. The van der Waals surface area contributed by atoms with Gasteiger partial charge >= 0.3 is 0 Å². The smallest absolute Gasteiger partial charge is 0.161 e. The van der Waals surface area contributed by atoms with Gasteiger partial charge in [-0.05, 0) is 37.5 Å². The Balaban J connectivity index is 1.96. The van der Waals surface area contributed by atoms with Gasteiger partial charge in [0, 0.05) is 11.8 Å². The van der Waals surface area contributed by atoms with Gasteiger partial charge in [-0.3, -0.25) is 0 Å². The quantitative estimate of drug-likeness (QED) is 0.874.